The van der Waals surface area contributed by atoms with Gasteiger partial charge in [0.15, 0.2) is 0 Å². The minimum atomic E-state index is -1.70. The van der Waals surface area contributed by atoms with Crippen molar-refractivity contribution in [3.63, 3.8) is 0 Å². The molecule has 1 saturated heterocycles. The predicted molar refractivity (Wildman–Crippen MR) is 384 cm³/mol. The predicted octanol–water partition coefficient (Wildman–Crippen LogP) is -2.61. The van der Waals surface area contributed by atoms with Crippen LogP contribution in [0, 0.1) is 23.7 Å². The zero-order valence-electron chi connectivity index (χ0n) is 62.6. The number of aliphatic hydroxyl groups is 2. The van der Waals surface area contributed by atoms with Crippen molar-refractivity contribution in [2.24, 2.45) is 46.6 Å². The number of nitrogens with zero attached hydrogens (tertiary/aromatic N) is 1. The highest BCUT2D eigenvalue weighted by Gasteiger charge is 2.39. The van der Waals surface area contributed by atoms with Gasteiger partial charge in [0, 0.05) is 44.8 Å². The summed E-state index contributed by atoms with van der Waals surface area (Å²) in [6.07, 6.45) is 5.81. The lowest BCUT2D eigenvalue weighted by Gasteiger charge is -2.30. The minimum absolute atomic E-state index is 0.0984. The summed E-state index contributed by atoms with van der Waals surface area (Å²) in [6.45, 7) is 17.4. The number of rotatable bonds is 53. The smallest absolute Gasteiger partial charge is 0.245 e. The second kappa shape index (κ2) is 50.3. The fraction of sp³-hybridized carbons (Fsp3) is 0.783. The first kappa shape index (κ1) is 92.9. The maximum absolute atomic E-state index is 14.2. The molecule has 588 valence electrons. The van der Waals surface area contributed by atoms with Gasteiger partial charge < -0.3 is 102 Å². The van der Waals surface area contributed by atoms with E-state index in [1.165, 1.54) is 11.8 Å². The topological polar surface area (TPSA) is 548 Å². The Morgan fingerprint density at radius 1 is 0.437 bits per heavy atom. The second-order valence-electron chi connectivity index (χ2n) is 27.3. The summed E-state index contributed by atoms with van der Waals surface area (Å²) in [5, 5.41) is 52.2. The molecule has 1 aliphatic heterocycles. The van der Waals surface area contributed by atoms with Gasteiger partial charge in [0.25, 0.3) is 0 Å². The molecule has 0 aromatic heterocycles. The maximum atomic E-state index is 14.2. The molecule has 1 aliphatic rings. The number of primary amides is 2. The molecule has 1 rings (SSSR count). The highest BCUT2D eigenvalue weighted by atomic mass is 16.3. The van der Waals surface area contributed by atoms with Crippen molar-refractivity contribution in [3.8, 4) is 0 Å². The zero-order chi connectivity index (χ0) is 78.1. The SMILES string of the molecule is CCCC[C@H](NC(=O)[C@H](CCCCN)NC(=O)[C@H](CCCC)NC(=O)[C@H](CO)NC(=O)[C@@H](NC(=O)CNC(=O)C[C@H](NC(=O)[C@H](CO)NC(=O)[C@H](CCC(N)=O)NC(=O)[C@@H](NC(=O)C[C@H](NC(=O)[C@H](CCCCN)NC(=O)[C@@H]1CCCN1C(C)=O)[C@@H](C)CC)[C@@H](C)CC)C(C)C)[C@@H](C)CC)C(N)=O. The van der Waals surface area contributed by atoms with E-state index in [9.17, 15) is 82.1 Å². The number of amides is 15. The van der Waals surface area contributed by atoms with Crippen LogP contribution in [0.2, 0.25) is 0 Å². The molecule has 103 heavy (non-hydrogen) atoms. The molecule has 0 unspecified atom stereocenters. The number of likely N-dealkylation sites (tertiary alicyclic amines) is 1. The molecule has 0 aliphatic carbocycles. The van der Waals surface area contributed by atoms with Gasteiger partial charge >= 0.3 is 0 Å². The van der Waals surface area contributed by atoms with Crippen molar-refractivity contribution in [3.05, 3.63) is 0 Å². The fourth-order valence-electron chi connectivity index (χ4n) is 11.3. The average molecular weight is 1460 g/mol. The maximum Gasteiger partial charge on any atom is 0.245 e. The Balaban J connectivity index is 3.23. The number of unbranched alkanes of at least 4 members (excludes halogenated alkanes) is 4. The zero-order valence-corrected chi connectivity index (χ0v) is 62.6. The third kappa shape index (κ3) is 34.4. The molecule has 0 aromatic rings. The number of carbonyl (C=O) groups is 15. The van der Waals surface area contributed by atoms with Crippen molar-refractivity contribution in [2.45, 2.75) is 284 Å². The van der Waals surface area contributed by atoms with Gasteiger partial charge in [0.1, 0.15) is 60.4 Å². The Morgan fingerprint density at radius 2 is 0.825 bits per heavy atom. The average Bonchev–Trinajstić information content (AvgIpc) is 1.83. The van der Waals surface area contributed by atoms with Crippen LogP contribution in [0.4, 0.5) is 0 Å². The van der Waals surface area contributed by atoms with Crippen LogP contribution < -0.4 is 86.7 Å². The summed E-state index contributed by atoms with van der Waals surface area (Å²) in [7, 11) is 0. The van der Waals surface area contributed by atoms with E-state index in [1.807, 2.05) is 27.7 Å². The molecule has 0 bridgehead atoms. The summed E-state index contributed by atoms with van der Waals surface area (Å²) in [5.41, 5.74) is 22.4. The van der Waals surface area contributed by atoms with Crippen LogP contribution in [0.25, 0.3) is 0 Å². The summed E-state index contributed by atoms with van der Waals surface area (Å²) >= 11 is 0. The van der Waals surface area contributed by atoms with Gasteiger partial charge in [-0.2, -0.15) is 0 Å². The molecule has 22 N–H and O–H groups in total. The van der Waals surface area contributed by atoms with Gasteiger partial charge in [0.2, 0.25) is 88.6 Å². The standard InChI is InChI=1S/C69H125N17O17/c1-12-17-24-44(60(73)94)75-61(95)46(26-19-21-31-70)76-62(96)45(25-18-13-2)77-65(99)52(38-88)83-69(103)59(42(10)16-5)85-57(93)36-74-55(91)34-49(39(6)7)80-66(100)51(37-87)82-64(98)48(29-30-54(72)90)79-68(102)58(41(9)15-4)84-56(92)35-50(40(8)14-3)81-63(97)47(27-20-22-32-71)78-67(101)53-28-23-33-86(53)43(11)89/h39-42,44-53,58-59,87-88H,12-38,70-71H2,1-11H3,(H2,72,90)(H2,73,94)(H,74,91)(H,75,95)(H,76,96)(H,77,99)(H,78,101)(H,79,102)(H,80,100)(H,81,97)(H,82,98)(H,83,103)(H,84,92)(H,85,93)/t40-,41-,42-,44-,45-,46-,47-,48-,49-,50-,51-,52-,53-,58-,59-/m0/s1. The molecule has 34 heteroatoms. The Bertz CT molecular complexity index is 2760. The van der Waals surface area contributed by atoms with Crippen molar-refractivity contribution >= 4 is 88.6 Å². The van der Waals surface area contributed by atoms with Crippen molar-refractivity contribution in [1.29, 1.82) is 0 Å². The van der Waals surface area contributed by atoms with Crippen LogP contribution in [-0.2, 0) is 71.9 Å². The van der Waals surface area contributed by atoms with E-state index in [-0.39, 0.29) is 50.4 Å². The number of aliphatic hydroxyl groups excluding tert-OH is 2. The number of carbonyl (C=O) groups excluding carboxylic acids is 15. The summed E-state index contributed by atoms with van der Waals surface area (Å²) < 4.78 is 0. The van der Waals surface area contributed by atoms with Crippen molar-refractivity contribution in [2.75, 3.05) is 39.4 Å². The summed E-state index contributed by atoms with van der Waals surface area (Å²) in [6, 6.07) is -14.4. The fourth-order valence-corrected chi connectivity index (χ4v) is 11.3. The van der Waals surface area contributed by atoms with E-state index in [4.69, 9.17) is 22.9 Å². The molecule has 15 atom stereocenters. The van der Waals surface area contributed by atoms with Crippen LogP contribution in [0.5, 0.6) is 0 Å². The first-order valence-corrected chi connectivity index (χ1v) is 36.8. The van der Waals surface area contributed by atoms with Crippen LogP contribution in [0.15, 0.2) is 0 Å². The first-order valence-electron chi connectivity index (χ1n) is 36.8. The highest BCUT2D eigenvalue weighted by Crippen LogP contribution is 2.20. The molecule has 0 spiro atoms. The molecule has 0 aromatic carbocycles. The lowest BCUT2D eigenvalue weighted by atomic mass is 9.93. The number of nitrogens with two attached hydrogens (primary N) is 4. The molecule has 1 fully saturated rings. The molecular weight excluding hydrogens is 1340 g/mol. The quantitative estimate of drug-likeness (QED) is 0.0278. The Morgan fingerprint density at radius 3 is 1.27 bits per heavy atom. The van der Waals surface area contributed by atoms with E-state index in [2.05, 4.69) is 63.8 Å². The molecule has 34 nitrogen and oxygen atoms in total. The lowest BCUT2D eigenvalue weighted by Crippen LogP contribution is -2.60. The molecule has 0 saturated carbocycles. The Hall–Kier alpha value is -8.11. The minimum Gasteiger partial charge on any atom is -0.394 e. The number of hydrogen-bond acceptors (Lipinski definition) is 19. The van der Waals surface area contributed by atoms with E-state index in [0.717, 1.165) is 6.42 Å². The van der Waals surface area contributed by atoms with Gasteiger partial charge in [-0.25, -0.2) is 0 Å². The third-order valence-electron chi connectivity index (χ3n) is 18.7. The summed E-state index contributed by atoms with van der Waals surface area (Å²) in [5.74, 6) is -13.2. The molecule has 0 radical (unpaired) electrons. The van der Waals surface area contributed by atoms with Gasteiger partial charge in [-0.05, 0) is 107 Å². The lowest BCUT2D eigenvalue weighted by molar-refractivity contribution is -0.138. The Labute approximate surface area is 606 Å². The molecular formula is C69H125N17O17. The van der Waals surface area contributed by atoms with E-state index >= 15 is 0 Å². The van der Waals surface area contributed by atoms with E-state index in [1.54, 1.807) is 41.5 Å². The van der Waals surface area contributed by atoms with Crippen molar-refractivity contribution < 1.29 is 82.1 Å². The van der Waals surface area contributed by atoms with Gasteiger partial charge in [0.05, 0.1) is 19.8 Å². The van der Waals surface area contributed by atoms with E-state index < -0.39 is 206 Å². The van der Waals surface area contributed by atoms with Gasteiger partial charge in [-0.1, -0.05) is 114 Å². The Kier molecular flexibility index (Phi) is 45.4. The van der Waals surface area contributed by atoms with E-state index in [0.29, 0.717) is 96.7 Å². The molecule has 1 heterocycles. The van der Waals surface area contributed by atoms with Gasteiger partial charge in [-0.3, -0.25) is 71.9 Å². The summed E-state index contributed by atoms with van der Waals surface area (Å²) in [4.78, 5) is 204. The largest absolute Gasteiger partial charge is 0.394 e. The number of hydrogen-bond donors (Lipinski definition) is 18. The third-order valence-corrected chi connectivity index (χ3v) is 18.7. The monoisotopic (exact) mass is 1460 g/mol. The second-order valence-corrected chi connectivity index (χ2v) is 27.3. The normalized spacial score (nSPS) is 16.8. The van der Waals surface area contributed by atoms with Crippen LogP contribution >= 0.6 is 0 Å². The van der Waals surface area contributed by atoms with Gasteiger partial charge in [-0.15, -0.1) is 0 Å². The van der Waals surface area contributed by atoms with Crippen LogP contribution in [0.1, 0.15) is 211 Å². The number of nitrogens with one attached hydrogen (secondary N) is 12. The van der Waals surface area contributed by atoms with Crippen LogP contribution in [0.3, 0.4) is 0 Å². The van der Waals surface area contributed by atoms with Crippen molar-refractivity contribution in [1.82, 2.24) is 68.7 Å². The van der Waals surface area contributed by atoms with Crippen LogP contribution in [-0.4, -0.2) is 216 Å². The highest BCUT2D eigenvalue weighted by molar-refractivity contribution is 5.98. The first-order chi connectivity index (χ1) is 48.7. The molecule has 15 amide bonds.